The van der Waals surface area contributed by atoms with Crippen molar-refractivity contribution in [3.8, 4) is 0 Å². The van der Waals surface area contributed by atoms with Crippen molar-refractivity contribution in [2.75, 3.05) is 0 Å². The van der Waals surface area contributed by atoms with Gasteiger partial charge < -0.3 is 46.4 Å². The quantitative estimate of drug-likeness (QED) is 0.308. The van der Waals surface area contributed by atoms with E-state index in [1.807, 2.05) is 0 Å². The van der Waals surface area contributed by atoms with Crippen LogP contribution in [0.2, 0.25) is 0 Å². The molecule has 0 atom stereocenters. The number of carboxylic acid groups (broad SMARTS) is 6. The maximum Gasteiger partial charge on any atom is 2.00 e. The molecule has 0 radical (unpaired) electrons. The van der Waals surface area contributed by atoms with Gasteiger partial charge in [-0.1, -0.05) is 0 Å². The molecule has 0 rings (SSSR count). The predicted molar refractivity (Wildman–Crippen MR) is 31.7 cm³/mol. The average Bonchev–Trinajstić information content (AvgIpc) is 1.54. The molecule has 0 saturated carbocycles. The summed E-state index contributed by atoms with van der Waals surface area (Å²) in [6.07, 6.45) is -6.00. The van der Waals surface area contributed by atoms with E-state index >= 15 is 0 Å². The summed E-state index contributed by atoms with van der Waals surface area (Å²) in [5.74, 6) is 0. The van der Waals surface area contributed by atoms with Crippen molar-refractivity contribution in [1.82, 2.24) is 6.15 Å². The Kier molecular flexibility index (Phi) is 47.3. The van der Waals surface area contributed by atoms with Crippen LogP contribution < -0.4 is 16.4 Å². The van der Waals surface area contributed by atoms with Crippen LogP contribution in [0, 0.1) is 0 Å². The minimum absolute atomic E-state index is 0. The second-order valence-corrected chi connectivity index (χ2v) is 0.814. The molecule has 7 N–H and O–H groups in total. The molecule has 80 valence electrons. The van der Waals surface area contributed by atoms with Gasteiger partial charge in [-0.05, 0) is 0 Å². The molecule has 0 fully saturated rings. The molecule has 0 bridgehead atoms. The maximum atomic E-state index is 8.56. The van der Waals surface area contributed by atoms with Gasteiger partial charge >= 0.3 is 25.6 Å². The third kappa shape index (κ3) is 355. The minimum Gasteiger partial charge on any atom is -0.565 e. The van der Waals surface area contributed by atoms with E-state index in [9.17, 15) is 0 Å². The van der Waals surface area contributed by atoms with Gasteiger partial charge in [-0.3, -0.25) is 0 Å². The Bertz CT molecular complexity index is 118. The van der Waals surface area contributed by atoms with Crippen LogP contribution in [0.15, 0.2) is 0 Å². The molecule has 11 heteroatoms. The fourth-order valence-electron chi connectivity index (χ4n) is 0. The standard InChI is InChI=1S/3CH2O3.H3N.Zn/c3*2-1(3)4;;/h3*(H2,2,3,4);1H3;/q;;;;+2/p-2. The van der Waals surface area contributed by atoms with Crippen LogP contribution in [0.1, 0.15) is 0 Å². The number of hydrogen-bond acceptors (Lipinski definition) is 6. The summed E-state index contributed by atoms with van der Waals surface area (Å²) in [6, 6.07) is 0. The molecule has 0 amide bonds. The zero-order valence-corrected chi connectivity index (χ0v) is 9.71. The van der Waals surface area contributed by atoms with Gasteiger partial charge in [0.25, 0.3) is 0 Å². The van der Waals surface area contributed by atoms with Crippen molar-refractivity contribution in [3.63, 3.8) is 0 Å². The first-order valence-corrected chi connectivity index (χ1v) is 1.92. The molecule has 14 heavy (non-hydrogen) atoms. The molecule has 0 aliphatic heterocycles. The second kappa shape index (κ2) is 22.5. The van der Waals surface area contributed by atoms with Gasteiger partial charge in [-0.2, -0.15) is 0 Å². The topological polar surface area (TPSA) is 213 Å². The molecule has 0 unspecified atom stereocenters. The number of hydrogen-bond donors (Lipinski definition) is 5. The van der Waals surface area contributed by atoms with Gasteiger partial charge in [-0.25, -0.2) is 4.79 Å². The Morgan fingerprint density at radius 2 is 0.786 bits per heavy atom. The molecular formula is C3H7NO9Zn. The Morgan fingerprint density at radius 3 is 0.786 bits per heavy atom. The van der Waals surface area contributed by atoms with Crippen molar-refractivity contribution in [1.29, 1.82) is 0 Å². The smallest absolute Gasteiger partial charge is 0.565 e. The first kappa shape index (κ1) is 29.4. The number of carbonyl (C=O) groups is 3. The van der Waals surface area contributed by atoms with Crippen molar-refractivity contribution in [2.24, 2.45) is 0 Å². The summed E-state index contributed by atoms with van der Waals surface area (Å²) in [7, 11) is 0. The van der Waals surface area contributed by atoms with E-state index in [2.05, 4.69) is 0 Å². The van der Waals surface area contributed by atoms with Crippen molar-refractivity contribution in [3.05, 3.63) is 0 Å². The summed E-state index contributed by atoms with van der Waals surface area (Å²) < 4.78 is 0. The molecule has 0 aromatic heterocycles. The summed E-state index contributed by atoms with van der Waals surface area (Å²) in [5.41, 5.74) is 0. The van der Waals surface area contributed by atoms with Crippen LogP contribution in [0.3, 0.4) is 0 Å². The van der Waals surface area contributed by atoms with Crippen LogP contribution in [-0.4, -0.2) is 38.9 Å². The monoisotopic (exact) mass is 265 g/mol. The largest absolute Gasteiger partial charge is 2.00 e. The zero-order valence-electron chi connectivity index (χ0n) is 6.74. The molecule has 0 aromatic rings. The average molecular weight is 266 g/mol. The van der Waals surface area contributed by atoms with E-state index < -0.39 is 18.5 Å². The minimum atomic E-state index is -2.08. The van der Waals surface area contributed by atoms with Crippen molar-refractivity contribution in [2.45, 2.75) is 0 Å². The van der Waals surface area contributed by atoms with Gasteiger partial charge in [0, 0.05) is 0 Å². The third-order valence-corrected chi connectivity index (χ3v) is 0. The third-order valence-electron chi connectivity index (χ3n) is 0. The van der Waals surface area contributed by atoms with Crippen LogP contribution in [0.25, 0.3) is 0 Å². The van der Waals surface area contributed by atoms with E-state index in [4.69, 9.17) is 45.0 Å². The normalized spacial score (nSPS) is 5.14. The van der Waals surface area contributed by atoms with Crippen LogP contribution in [0.4, 0.5) is 14.4 Å². The fraction of sp³-hybridized carbons (Fsp3) is 0. The van der Waals surface area contributed by atoms with Crippen molar-refractivity contribution < 1.29 is 64.5 Å². The molecule has 10 nitrogen and oxygen atoms in total. The first-order chi connectivity index (χ1) is 5.20. The molecular weight excluding hydrogens is 259 g/mol. The Balaban J connectivity index is -0.0000000270. The number of rotatable bonds is 0. The van der Waals surface area contributed by atoms with Crippen LogP contribution >= 0.6 is 0 Å². The van der Waals surface area contributed by atoms with Gasteiger partial charge in [0.1, 0.15) is 0 Å². The Labute approximate surface area is 89.7 Å². The van der Waals surface area contributed by atoms with E-state index in [1.54, 1.807) is 0 Å². The van der Waals surface area contributed by atoms with Gasteiger partial charge in [0.2, 0.25) is 12.3 Å². The zero-order chi connectivity index (χ0) is 10.7. The Morgan fingerprint density at radius 1 is 0.786 bits per heavy atom. The summed E-state index contributed by atoms with van der Waals surface area (Å²) in [6.45, 7) is 0. The molecule has 0 saturated heterocycles. The maximum absolute atomic E-state index is 8.56. The molecule has 0 spiro atoms. The van der Waals surface area contributed by atoms with Gasteiger partial charge in [0.05, 0.1) is 0 Å². The molecule has 0 aliphatic carbocycles. The summed E-state index contributed by atoms with van der Waals surface area (Å²) in [5, 5.41) is 44.6. The molecule has 0 aromatic carbocycles. The molecule has 0 heterocycles. The predicted octanol–water partition coefficient (Wildman–Crippen LogP) is -1.84. The van der Waals surface area contributed by atoms with Crippen LogP contribution in [0.5, 0.6) is 0 Å². The van der Waals surface area contributed by atoms with E-state index in [0.29, 0.717) is 0 Å². The van der Waals surface area contributed by atoms with Crippen molar-refractivity contribution >= 4 is 18.5 Å². The van der Waals surface area contributed by atoms with E-state index in [-0.39, 0.29) is 25.6 Å². The summed E-state index contributed by atoms with van der Waals surface area (Å²) >= 11 is 0. The second-order valence-electron chi connectivity index (χ2n) is 0.814. The van der Waals surface area contributed by atoms with Crippen LogP contribution in [-0.2, 0) is 19.5 Å². The SMILES string of the molecule is N.O=C(O)O.O=C([O-])O.O=C([O-])O.[Zn+2]. The fourth-order valence-corrected chi connectivity index (χ4v) is 0. The van der Waals surface area contributed by atoms with Gasteiger partial charge in [-0.15, -0.1) is 0 Å². The summed E-state index contributed by atoms with van der Waals surface area (Å²) in [4.78, 5) is 25.4. The molecule has 0 aliphatic rings. The van der Waals surface area contributed by atoms with Gasteiger partial charge in [0.15, 0.2) is 0 Å². The first-order valence-electron chi connectivity index (χ1n) is 1.92. The van der Waals surface area contributed by atoms with E-state index in [0.717, 1.165) is 0 Å². The van der Waals surface area contributed by atoms with E-state index in [1.165, 1.54) is 0 Å². The Hall–Kier alpha value is -1.61.